The van der Waals surface area contributed by atoms with Crippen molar-refractivity contribution in [2.45, 2.75) is 38.3 Å². The number of ether oxygens (including phenoxy) is 3. The lowest BCUT2D eigenvalue weighted by atomic mass is 10.2. The van der Waals surface area contributed by atoms with Gasteiger partial charge in [-0.2, -0.15) is 0 Å². The Bertz CT molecular complexity index is 1910. The van der Waals surface area contributed by atoms with Crippen LogP contribution in [0.4, 0.5) is 16.2 Å². The number of hydrogen-bond acceptors (Lipinski definition) is 6. The summed E-state index contributed by atoms with van der Waals surface area (Å²) in [5.41, 5.74) is 2.71. The van der Waals surface area contributed by atoms with Gasteiger partial charge in [-0.15, -0.1) is 5.10 Å². The molecular weight excluding hydrogens is 651 g/mol. The molecule has 12 heteroatoms. The van der Waals surface area contributed by atoms with E-state index in [4.69, 9.17) is 49.0 Å². The van der Waals surface area contributed by atoms with Crippen LogP contribution in [0.3, 0.4) is 0 Å². The molecule has 5 aromatic rings. The highest BCUT2D eigenvalue weighted by molar-refractivity contribution is 6.35. The summed E-state index contributed by atoms with van der Waals surface area (Å²) in [6, 6.07) is 21.6. The third-order valence-corrected chi connectivity index (χ3v) is 8.44. The number of fused-ring (bicyclic) bond motifs is 1. The number of benzene rings is 4. The molecule has 1 aliphatic rings. The Kier molecular flexibility index (Phi) is 9.53. The molecule has 1 fully saturated rings. The Labute approximate surface area is 280 Å². The number of nitrogens with zero attached hydrogens (tertiary/aromatic N) is 2. The van der Waals surface area contributed by atoms with Gasteiger partial charge in [-0.05, 0) is 104 Å². The summed E-state index contributed by atoms with van der Waals surface area (Å²) >= 11 is 18.5. The summed E-state index contributed by atoms with van der Waals surface area (Å²) in [6.45, 7) is 0.274. The molecule has 6 rings (SSSR count). The Morgan fingerprint density at radius 2 is 1.57 bits per heavy atom. The number of anilines is 2. The zero-order valence-corrected chi connectivity index (χ0v) is 27.0. The largest absolute Gasteiger partial charge is 0.493 e. The quantitative estimate of drug-likeness (QED) is 0.151. The molecule has 0 aliphatic heterocycles. The number of carbonyl (C=O) groups excluding carboxylic acids is 2. The van der Waals surface area contributed by atoms with Crippen molar-refractivity contribution in [3.05, 3.63) is 105 Å². The van der Waals surface area contributed by atoms with Crippen LogP contribution in [-0.2, 0) is 6.54 Å². The fraction of sp³-hybridized carbons (Fsp3) is 0.206. The third-order valence-electron chi connectivity index (χ3n) is 7.60. The van der Waals surface area contributed by atoms with Gasteiger partial charge in [-0.25, -0.2) is 9.59 Å². The molecule has 46 heavy (non-hydrogen) atoms. The van der Waals surface area contributed by atoms with E-state index in [1.54, 1.807) is 84.6 Å². The van der Waals surface area contributed by atoms with E-state index in [2.05, 4.69) is 15.7 Å². The van der Waals surface area contributed by atoms with Crippen LogP contribution in [0, 0.1) is 0 Å². The highest BCUT2D eigenvalue weighted by Crippen LogP contribution is 2.34. The number of esters is 1. The van der Waals surface area contributed by atoms with E-state index in [1.807, 2.05) is 6.07 Å². The van der Waals surface area contributed by atoms with Crippen LogP contribution in [0.15, 0.2) is 78.9 Å². The van der Waals surface area contributed by atoms with Crippen LogP contribution in [0.2, 0.25) is 15.1 Å². The van der Waals surface area contributed by atoms with Crippen molar-refractivity contribution in [1.82, 2.24) is 9.78 Å². The van der Waals surface area contributed by atoms with E-state index < -0.39 is 12.0 Å². The monoisotopic (exact) mass is 678 g/mol. The minimum absolute atomic E-state index is 0.0564. The van der Waals surface area contributed by atoms with Gasteiger partial charge in [0.15, 0.2) is 11.5 Å². The number of amides is 2. The Morgan fingerprint density at radius 3 is 2.30 bits per heavy atom. The summed E-state index contributed by atoms with van der Waals surface area (Å²) in [5.74, 6) is 0.440. The lowest BCUT2D eigenvalue weighted by Gasteiger charge is -2.16. The van der Waals surface area contributed by atoms with Gasteiger partial charge < -0.3 is 24.8 Å². The summed E-state index contributed by atoms with van der Waals surface area (Å²) < 4.78 is 19.2. The molecule has 0 radical (unpaired) electrons. The highest BCUT2D eigenvalue weighted by atomic mass is 35.5. The summed E-state index contributed by atoms with van der Waals surface area (Å²) in [5, 5.41) is 12.2. The summed E-state index contributed by atoms with van der Waals surface area (Å²) in [4.78, 5) is 26.3. The Morgan fingerprint density at radius 1 is 0.848 bits per heavy atom. The van der Waals surface area contributed by atoms with Crippen LogP contribution >= 0.6 is 34.8 Å². The van der Waals surface area contributed by atoms with Crippen molar-refractivity contribution >= 4 is 69.1 Å². The first-order valence-corrected chi connectivity index (χ1v) is 15.7. The van der Waals surface area contributed by atoms with Gasteiger partial charge in [0.25, 0.3) is 0 Å². The number of methoxy groups -OCH3 is 1. The fourth-order valence-electron chi connectivity index (χ4n) is 5.29. The number of aromatic nitrogens is 2. The molecule has 1 aliphatic carbocycles. The van der Waals surface area contributed by atoms with Gasteiger partial charge in [-0.1, -0.05) is 40.9 Å². The van der Waals surface area contributed by atoms with E-state index >= 15 is 0 Å². The lowest BCUT2D eigenvalue weighted by Crippen LogP contribution is -2.19. The van der Waals surface area contributed by atoms with Gasteiger partial charge in [-0.3, -0.25) is 4.68 Å². The second-order valence-electron chi connectivity index (χ2n) is 10.8. The SMILES string of the molecule is COc1ccc(C(=O)Oc2nn(Cc3ccc(Cl)cc3Cl)c3ccc(NC(=O)Nc4ccc(Cl)cc4)cc23)cc1OC1CCCC1. The molecule has 0 atom stereocenters. The number of urea groups is 1. The molecule has 9 nitrogen and oxygen atoms in total. The van der Waals surface area contributed by atoms with Crippen molar-refractivity contribution < 1.29 is 23.8 Å². The van der Waals surface area contributed by atoms with Gasteiger partial charge in [0.2, 0.25) is 5.88 Å². The van der Waals surface area contributed by atoms with E-state index in [0.717, 1.165) is 31.2 Å². The minimum Gasteiger partial charge on any atom is -0.493 e. The van der Waals surface area contributed by atoms with E-state index in [9.17, 15) is 9.59 Å². The van der Waals surface area contributed by atoms with E-state index in [-0.39, 0.29) is 24.1 Å². The first kappa shape index (κ1) is 31.5. The predicted octanol–water partition coefficient (Wildman–Crippen LogP) is 9.24. The van der Waals surface area contributed by atoms with E-state index in [1.165, 1.54) is 0 Å². The second-order valence-corrected chi connectivity index (χ2v) is 12.1. The number of hydrogen-bond donors (Lipinski definition) is 2. The number of rotatable bonds is 9. The van der Waals surface area contributed by atoms with Crippen LogP contribution in [0.1, 0.15) is 41.6 Å². The maximum absolute atomic E-state index is 13.5. The fourth-order valence-corrected chi connectivity index (χ4v) is 5.88. The van der Waals surface area contributed by atoms with Crippen molar-refractivity contribution in [3.8, 4) is 17.4 Å². The number of halogens is 3. The van der Waals surface area contributed by atoms with Crippen molar-refractivity contribution in [3.63, 3.8) is 0 Å². The molecule has 236 valence electrons. The molecule has 1 aromatic heterocycles. The van der Waals surface area contributed by atoms with Crippen LogP contribution in [-0.4, -0.2) is 35.0 Å². The Hall–Kier alpha value is -4.44. The van der Waals surface area contributed by atoms with Crippen molar-refractivity contribution in [1.29, 1.82) is 0 Å². The van der Waals surface area contributed by atoms with Gasteiger partial charge in [0.1, 0.15) is 0 Å². The Balaban J connectivity index is 1.30. The molecule has 0 bridgehead atoms. The second kappa shape index (κ2) is 13.9. The standard InChI is InChI=1S/C34H29Cl3N4O5/c1-44-30-15-7-20(16-31(30)45-26-4-2-3-5-26)33(42)46-32-27-18-25(39-34(43)38-24-11-9-22(35)10-12-24)13-14-29(27)41(40-32)19-21-6-8-23(36)17-28(21)37/h6-18,26H,2-5,19H2,1H3,(H2,38,39,43). The average Bonchev–Trinajstić information content (AvgIpc) is 3.67. The van der Waals surface area contributed by atoms with Crippen molar-refractivity contribution in [2.75, 3.05) is 17.7 Å². The molecule has 0 saturated heterocycles. The lowest BCUT2D eigenvalue weighted by molar-refractivity contribution is 0.0727. The number of nitrogens with one attached hydrogen (secondary N) is 2. The summed E-state index contributed by atoms with van der Waals surface area (Å²) in [7, 11) is 1.56. The molecule has 1 heterocycles. The molecule has 2 N–H and O–H groups in total. The predicted molar refractivity (Wildman–Crippen MR) is 180 cm³/mol. The summed E-state index contributed by atoms with van der Waals surface area (Å²) in [6.07, 6.45) is 4.18. The third kappa shape index (κ3) is 7.33. The highest BCUT2D eigenvalue weighted by Gasteiger charge is 2.22. The van der Waals surface area contributed by atoms with Gasteiger partial charge >= 0.3 is 12.0 Å². The first-order valence-electron chi connectivity index (χ1n) is 14.6. The average molecular weight is 680 g/mol. The topological polar surface area (TPSA) is 104 Å². The van der Waals surface area contributed by atoms with Crippen LogP contribution in [0.5, 0.6) is 17.4 Å². The zero-order valence-electron chi connectivity index (χ0n) is 24.7. The molecule has 0 unspecified atom stereocenters. The maximum atomic E-state index is 13.5. The first-order chi connectivity index (χ1) is 22.2. The molecule has 4 aromatic carbocycles. The van der Waals surface area contributed by atoms with E-state index in [0.29, 0.717) is 48.8 Å². The molecule has 0 spiro atoms. The normalized spacial score (nSPS) is 13.0. The minimum atomic E-state index is -0.631. The zero-order chi connectivity index (χ0) is 32.2. The van der Waals surface area contributed by atoms with Gasteiger partial charge in [0, 0.05) is 26.4 Å². The molecular formula is C34H29Cl3N4O5. The smallest absolute Gasteiger partial charge is 0.345 e. The van der Waals surface area contributed by atoms with Crippen molar-refractivity contribution in [2.24, 2.45) is 0 Å². The van der Waals surface area contributed by atoms with Crippen LogP contribution in [0.25, 0.3) is 10.9 Å². The van der Waals surface area contributed by atoms with Gasteiger partial charge in [0.05, 0.1) is 36.2 Å². The molecule has 2 amide bonds. The maximum Gasteiger partial charge on any atom is 0.345 e. The molecule has 1 saturated carbocycles. The van der Waals surface area contributed by atoms with Crippen LogP contribution < -0.4 is 24.8 Å². The number of carbonyl (C=O) groups is 2.